The summed E-state index contributed by atoms with van der Waals surface area (Å²) in [5, 5.41) is 3.53. The van der Waals surface area contributed by atoms with Crippen molar-refractivity contribution in [1.82, 2.24) is 10.3 Å². The summed E-state index contributed by atoms with van der Waals surface area (Å²) in [7, 11) is 0. The number of nitrogens with one attached hydrogen (secondary N) is 1. The molecule has 20 heavy (non-hydrogen) atoms. The van der Waals surface area contributed by atoms with E-state index in [1.807, 2.05) is 0 Å². The Bertz CT molecular complexity index is 462. The molecular weight excluding hydrogens is 246 g/mol. The Hall–Kier alpha value is -1.09. The summed E-state index contributed by atoms with van der Waals surface area (Å²) in [6, 6.07) is 5.02. The Kier molecular flexibility index (Phi) is 4.38. The average Bonchev–Trinajstić information content (AvgIpc) is 2.65. The molecule has 3 nitrogen and oxygen atoms in total. The minimum Gasteiger partial charge on any atom is -0.354 e. The lowest BCUT2D eigenvalue weighted by atomic mass is 10.1. The van der Waals surface area contributed by atoms with Crippen LogP contribution in [0.15, 0.2) is 12.1 Å². The van der Waals surface area contributed by atoms with Gasteiger partial charge >= 0.3 is 0 Å². The van der Waals surface area contributed by atoms with Crippen LogP contribution in [0.2, 0.25) is 0 Å². The Labute approximate surface area is 123 Å². The molecule has 1 aliphatic rings. The van der Waals surface area contributed by atoms with Gasteiger partial charge in [0.05, 0.1) is 0 Å². The molecule has 0 saturated carbocycles. The van der Waals surface area contributed by atoms with Crippen molar-refractivity contribution in [2.45, 2.75) is 66.1 Å². The Morgan fingerprint density at radius 2 is 2.00 bits per heavy atom. The van der Waals surface area contributed by atoms with Crippen LogP contribution < -0.4 is 10.2 Å². The molecule has 0 spiro atoms. The average molecular weight is 275 g/mol. The van der Waals surface area contributed by atoms with E-state index in [2.05, 4.69) is 63.9 Å². The van der Waals surface area contributed by atoms with E-state index >= 15 is 0 Å². The van der Waals surface area contributed by atoms with Crippen molar-refractivity contribution in [3.05, 3.63) is 23.4 Å². The van der Waals surface area contributed by atoms with Gasteiger partial charge in [0.15, 0.2) is 0 Å². The summed E-state index contributed by atoms with van der Waals surface area (Å²) in [6.07, 6.45) is 1.27. The van der Waals surface area contributed by atoms with Gasteiger partial charge in [0, 0.05) is 30.4 Å². The lowest BCUT2D eigenvalue weighted by Gasteiger charge is -2.24. The summed E-state index contributed by atoms with van der Waals surface area (Å²) in [4.78, 5) is 7.27. The van der Waals surface area contributed by atoms with E-state index in [4.69, 9.17) is 4.98 Å². The molecule has 0 radical (unpaired) electrons. The van der Waals surface area contributed by atoms with Crippen LogP contribution >= 0.6 is 0 Å². The minimum absolute atomic E-state index is 0.143. The van der Waals surface area contributed by atoms with Crippen LogP contribution in [0.5, 0.6) is 0 Å². The Morgan fingerprint density at radius 3 is 2.50 bits per heavy atom. The summed E-state index contributed by atoms with van der Waals surface area (Å²) >= 11 is 0. The quantitative estimate of drug-likeness (QED) is 0.915. The predicted octanol–water partition coefficient (Wildman–Crippen LogP) is 3.51. The number of pyridine rings is 1. The van der Waals surface area contributed by atoms with Crippen LogP contribution in [0.4, 0.5) is 5.82 Å². The smallest absolute Gasteiger partial charge is 0.129 e. The van der Waals surface area contributed by atoms with Crippen LogP contribution in [0.25, 0.3) is 0 Å². The maximum atomic E-state index is 4.83. The molecule has 2 unspecified atom stereocenters. The molecule has 1 N–H and O–H groups in total. The highest BCUT2D eigenvalue weighted by Gasteiger charge is 2.27. The van der Waals surface area contributed by atoms with E-state index in [9.17, 15) is 0 Å². The van der Waals surface area contributed by atoms with Crippen molar-refractivity contribution in [2.75, 3.05) is 11.4 Å². The van der Waals surface area contributed by atoms with Gasteiger partial charge in [-0.3, -0.25) is 0 Å². The number of hydrogen-bond acceptors (Lipinski definition) is 3. The molecule has 1 aliphatic heterocycles. The zero-order valence-corrected chi connectivity index (χ0v) is 13.8. The maximum Gasteiger partial charge on any atom is 0.129 e. The highest BCUT2D eigenvalue weighted by atomic mass is 15.2. The van der Waals surface area contributed by atoms with Gasteiger partial charge < -0.3 is 10.2 Å². The van der Waals surface area contributed by atoms with Crippen molar-refractivity contribution in [3.8, 4) is 0 Å². The first kappa shape index (κ1) is 15.3. The van der Waals surface area contributed by atoms with Crippen molar-refractivity contribution in [2.24, 2.45) is 5.92 Å². The molecule has 2 rings (SSSR count). The maximum absolute atomic E-state index is 4.83. The van der Waals surface area contributed by atoms with Crippen LogP contribution in [-0.2, 0) is 6.54 Å². The fourth-order valence-electron chi connectivity index (χ4n) is 2.90. The van der Waals surface area contributed by atoms with Crippen LogP contribution in [0.3, 0.4) is 0 Å². The van der Waals surface area contributed by atoms with Gasteiger partial charge in [-0.15, -0.1) is 0 Å². The SMILES string of the molecule is Cc1nc(N2CC(C)CC2C)ccc1CNC(C)(C)C. The number of aryl methyl sites for hydroxylation is 1. The molecule has 2 heterocycles. The van der Waals surface area contributed by atoms with Gasteiger partial charge in [0.2, 0.25) is 0 Å². The van der Waals surface area contributed by atoms with E-state index in [0.29, 0.717) is 6.04 Å². The summed E-state index contributed by atoms with van der Waals surface area (Å²) in [5.41, 5.74) is 2.58. The number of anilines is 1. The Morgan fingerprint density at radius 1 is 1.30 bits per heavy atom. The fraction of sp³-hybridized carbons (Fsp3) is 0.706. The lowest BCUT2D eigenvalue weighted by molar-refractivity contribution is 0.423. The fourth-order valence-corrected chi connectivity index (χ4v) is 2.90. The predicted molar refractivity (Wildman–Crippen MR) is 86.2 cm³/mol. The Balaban J connectivity index is 2.10. The van der Waals surface area contributed by atoms with E-state index in [0.717, 1.165) is 30.5 Å². The largest absolute Gasteiger partial charge is 0.354 e. The number of aromatic nitrogens is 1. The second kappa shape index (κ2) is 5.72. The molecule has 2 atom stereocenters. The third kappa shape index (κ3) is 3.72. The van der Waals surface area contributed by atoms with Gasteiger partial charge in [0.25, 0.3) is 0 Å². The second-order valence-corrected chi connectivity index (χ2v) is 7.36. The monoisotopic (exact) mass is 275 g/mol. The van der Waals surface area contributed by atoms with E-state index in [-0.39, 0.29) is 5.54 Å². The van der Waals surface area contributed by atoms with Crippen molar-refractivity contribution < 1.29 is 0 Å². The van der Waals surface area contributed by atoms with Crippen molar-refractivity contribution in [1.29, 1.82) is 0 Å². The normalized spacial score (nSPS) is 23.4. The topological polar surface area (TPSA) is 28.2 Å². The van der Waals surface area contributed by atoms with E-state index < -0.39 is 0 Å². The first-order valence-electron chi connectivity index (χ1n) is 7.74. The van der Waals surface area contributed by atoms with Gasteiger partial charge in [-0.25, -0.2) is 4.98 Å². The standard InChI is InChI=1S/C17H29N3/c1-12-9-13(2)20(11-12)16-8-7-15(14(3)19-16)10-18-17(4,5)6/h7-8,12-13,18H,9-11H2,1-6H3. The zero-order chi connectivity index (χ0) is 14.9. The molecule has 3 heteroatoms. The van der Waals surface area contributed by atoms with Gasteiger partial charge in [-0.1, -0.05) is 13.0 Å². The molecule has 0 amide bonds. The molecule has 112 valence electrons. The van der Waals surface area contributed by atoms with Crippen LogP contribution in [-0.4, -0.2) is 23.1 Å². The number of hydrogen-bond donors (Lipinski definition) is 1. The molecular formula is C17H29N3. The molecule has 0 aliphatic carbocycles. The van der Waals surface area contributed by atoms with Crippen molar-refractivity contribution in [3.63, 3.8) is 0 Å². The molecule has 1 fully saturated rings. The first-order chi connectivity index (χ1) is 9.26. The molecule has 0 aromatic carbocycles. The molecule has 1 aromatic rings. The first-order valence-corrected chi connectivity index (χ1v) is 7.74. The van der Waals surface area contributed by atoms with E-state index in [1.54, 1.807) is 0 Å². The third-order valence-electron chi connectivity index (χ3n) is 4.07. The summed E-state index contributed by atoms with van der Waals surface area (Å²) in [6.45, 7) is 15.3. The zero-order valence-electron chi connectivity index (χ0n) is 13.8. The molecule has 1 saturated heterocycles. The van der Waals surface area contributed by atoms with Crippen molar-refractivity contribution >= 4 is 5.82 Å². The second-order valence-electron chi connectivity index (χ2n) is 7.36. The highest BCUT2D eigenvalue weighted by Crippen LogP contribution is 2.28. The third-order valence-corrected chi connectivity index (χ3v) is 4.07. The van der Waals surface area contributed by atoms with E-state index in [1.165, 1.54) is 12.0 Å². The van der Waals surface area contributed by atoms with Gasteiger partial charge in [-0.05, 0) is 58.6 Å². The van der Waals surface area contributed by atoms with Crippen LogP contribution in [0.1, 0.15) is 52.3 Å². The van der Waals surface area contributed by atoms with Gasteiger partial charge in [0.1, 0.15) is 5.82 Å². The number of rotatable bonds is 3. The highest BCUT2D eigenvalue weighted by molar-refractivity contribution is 5.44. The lowest BCUT2D eigenvalue weighted by Crippen LogP contribution is -2.35. The van der Waals surface area contributed by atoms with Gasteiger partial charge in [-0.2, -0.15) is 0 Å². The molecule has 0 bridgehead atoms. The molecule has 1 aromatic heterocycles. The summed E-state index contributed by atoms with van der Waals surface area (Å²) < 4.78 is 0. The minimum atomic E-state index is 0.143. The van der Waals surface area contributed by atoms with Crippen LogP contribution in [0, 0.1) is 12.8 Å². The number of nitrogens with zero attached hydrogens (tertiary/aromatic N) is 2. The summed E-state index contributed by atoms with van der Waals surface area (Å²) in [5.74, 6) is 1.91.